The van der Waals surface area contributed by atoms with Crippen molar-refractivity contribution < 1.29 is 13.9 Å². The summed E-state index contributed by atoms with van der Waals surface area (Å²) in [6.45, 7) is 0.284. The van der Waals surface area contributed by atoms with Gasteiger partial charge in [0.2, 0.25) is 0 Å². The minimum absolute atomic E-state index is 0.0385. The Balaban J connectivity index is 1.96. The van der Waals surface area contributed by atoms with Gasteiger partial charge in [0.05, 0.1) is 12.8 Å². The molecule has 0 fully saturated rings. The first kappa shape index (κ1) is 17.8. The number of nitrogens with one attached hydrogen (secondary N) is 1. The van der Waals surface area contributed by atoms with Crippen LogP contribution >= 0.6 is 0 Å². The third kappa shape index (κ3) is 4.18. The highest BCUT2D eigenvalue weighted by Gasteiger charge is 2.13. The van der Waals surface area contributed by atoms with Gasteiger partial charge in [-0.25, -0.2) is 0 Å². The highest BCUT2D eigenvalue weighted by Crippen LogP contribution is 2.30. The molecule has 132 valence electrons. The summed E-state index contributed by atoms with van der Waals surface area (Å²) >= 11 is 0. The number of fused-ring (bicyclic) bond motifs is 1. The van der Waals surface area contributed by atoms with Crippen LogP contribution in [0.5, 0.6) is 5.75 Å². The number of rotatable bonds is 6. The average Bonchev–Trinajstić information content (AvgIpc) is 3.22. The molecule has 0 aliphatic heterocycles. The van der Waals surface area contributed by atoms with Crippen LogP contribution in [0.25, 0.3) is 16.8 Å². The van der Waals surface area contributed by atoms with E-state index in [9.17, 15) is 10.1 Å². The summed E-state index contributed by atoms with van der Waals surface area (Å²) in [7, 11) is 0. The van der Waals surface area contributed by atoms with Gasteiger partial charge in [-0.15, -0.1) is 6.42 Å². The molecular weight excluding hydrogens is 340 g/mol. The first-order valence-electron chi connectivity index (χ1n) is 8.23. The van der Waals surface area contributed by atoms with Crippen molar-refractivity contribution in [3.8, 4) is 24.2 Å². The van der Waals surface area contributed by atoms with E-state index in [1.165, 1.54) is 12.3 Å². The van der Waals surface area contributed by atoms with Gasteiger partial charge in [-0.3, -0.25) is 4.79 Å². The first-order chi connectivity index (χ1) is 13.2. The van der Waals surface area contributed by atoms with Gasteiger partial charge in [0.1, 0.15) is 29.8 Å². The van der Waals surface area contributed by atoms with Crippen molar-refractivity contribution in [1.29, 1.82) is 5.26 Å². The SMILES string of the molecule is C#CCOc1ccc2ccccc2c1/C=C(\C#N)C(=O)NCc1ccco1. The molecule has 0 aliphatic rings. The highest BCUT2D eigenvalue weighted by atomic mass is 16.5. The van der Waals surface area contributed by atoms with Gasteiger partial charge in [-0.1, -0.05) is 36.3 Å². The predicted octanol–water partition coefficient (Wildman–Crippen LogP) is 3.67. The number of carbonyl (C=O) groups excluding carboxylic acids is 1. The van der Waals surface area contributed by atoms with E-state index in [1.54, 1.807) is 18.2 Å². The number of ether oxygens (including phenoxy) is 1. The number of furan rings is 1. The zero-order valence-corrected chi connectivity index (χ0v) is 14.4. The molecule has 1 heterocycles. The number of carbonyl (C=O) groups is 1. The van der Waals surface area contributed by atoms with E-state index in [0.29, 0.717) is 17.1 Å². The van der Waals surface area contributed by atoms with E-state index >= 15 is 0 Å². The van der Waals surface area contributed by atoms with Crippen molar-refractivity contribution in [2.24, 2.45) is 0 Å². The summed E-state index contributed by atoms with van der Waals surface area (Å²) in [5.74, 6) is 3.04. The molecule has 0 spiro atoms. The summed E-state index contributed by atoms with van der Waals surface area (Å²) in [5, 5.41) is 14.0. The lowest BCUT2D eigenvalue weighted by atomic mass is 10.0. The van der Waals surface area contributed by atoms with Crippen molar-refractivity contribution in [1.82, 2.24) is 5.32 Å². The van der Waals surface area contributed by atoms with Gasteiger partial charge in [-0.05, 0) is 35.0 Å². The molecule has 0 aliphatic carbocycles. The quantitative estimate of drug-likeness (QED) is 0.415. The van der Waals surface area contributed by atoms with Crippen molar-refractivity contribution >= 4 is 22.8 Å². The molecule has 0 saturated carbocycles. The highest BCUT2D eigenvalue weighted by molar-refractivity contribution is 6.04. The molecule has 1 N–H and O–H groups in total. The van der Waals surface area contributed by atoms with Crippen molar-refractivity contribution in [2.45, 2.75) is 6.54 Å². The third-order valence-electron chi connectivity index (χ3n) is 3.90. The Morgan fingerprint density at radius 2 is 2.07 bits per heavy atom. The monoisotopic (exact) mass is 356 g/mol. The molecule has 1 amide bonds. The van der Waals surface area contributed by atoms with Crippen LogP contribution in [0.1, 0.15) is 11.3 Å². The number of hydrogen-bond donors (Lipinski definition) is 1. The molecule has 27 heavy (non-hydrogen) atoms. The van der Waals surface area contributed by atoms with Crippen LogP contribution in [0.15, 0.2) is 64.8 Å². The van der Waals surface area contributed by atoms with Crippen LogP contribution in [0.4, 0.5) is 0 Å². The van der Waals surface area contributed by atoms with Gasteiger partial charge in [0.25, 0.3) is 5.91 Å². The third-order valence-corrected chi connectivity index (χ3v) is 3.90. The number of nitriles is 1. The van der Waals surface area contributed by atoms with E-state index in [2.05, 4.69) is 11.2 Å². The van der Waals surface area contributed by atoms with Gasteiger partial charge in [0, 0.05) is 5.56 Å². The molecule has 3 rings (SSSR count). The predicted molar refractivity (Wildman–Crippen MR) is 102 cm³/mol. The molecular formula is C22H16N2O3. The molecule has 0 bridgehead atoms. The summed E-state index contributed by atoms with van der Waals surface area (Å²) in [4.78, 5) is 12.4. The number of hydrogen-bond acceptors (Lipinski definition) is 4. The average molecular weight is 356 g/mol. The summed E-state index contributed by atoms with van der Waals surface area (Å²) in [6.07, 6.45) is 8.33. The van der Waals surface area contributed by atoms with Crippen molar-refractivity contribution in [3.63, 3.8) is 0 Å². The Morgan fingerprint density at radius 3 is 2.81 bits per heavy atom. The van der Waals surface area contributed by atoms with Crippen LogP contribution in [-0.2, 0) is 11.3 Å². The smallest absolute Gasteiger partial charge is 0.262 e. The van der Waals surface area contributed by atoms with E-state index in [1.807, 2.05) is 36.4 Å². The van der Waals surface area contributed by atoms with Gasteiger partial charge < -0.3 is 14.5 Å². The fourth-order valence-electron chi connectivity index (χ4n) is 2.64. The first-order valence-corrected chi connectivity index (χ1v) is 8.23. The lowest BCUT2D eigenvalue weighted by molar-refractivity contribution is -0.117. The molecule has 2 aromatic carbocycles. The minimum Gasteiger partial charge on any atom is -0.480 e. The number of benzene rings is 2. The summed E-state index contributed by atoms with van der Waals surface area (Å²) in [6, 6.07) is 16.8. The Kier molecular flexibility index (Phi) is 5.57. The molecule has 0 atom stereocenters. The lowest BCUT2D eigenvalue weighted by Crippen LogP contribution is -2.23. The van der Waals surface area contributed by atoms with Gasteiger partial charge in [0.15, 0.2) is 0 Å². The summed E-state index contributed by atoms with van der Waals surface area (Å²) in [5.41, 5.74) is 0.594. The Morgan fingerprint density at radius 1 is 1.22 bits per heavy atom. The molecule has 0 saturated heterocycles. The van der Waals surface area contributed by atoms with Crippen molar-refractivity contribution in [2.75, 3.05) is 6.61 Å². The van der Waals surface area contributed by atoms with E-state index in [0.717, 1.165) is 10.8 Å². The lowest BCUT2D eigenvalue weighted by Gasteiger charge is -2.11. The molecule has 1 aromatic heterocycles. The summed E-state index contributed by atoms with van der Waals surface area (Å²) < 4.78 is 10.8. The number of terminal acetylenes is 1. The maximum absolute atomic E-state index is 12.4. The number of nitrogens with zero attached hydrogens (tertiary/aromatic N) is 1. The largest absolute Gasteiger partial charge is 0.480 e. The Hall–Kier alpha value is -3.96. The van der Waals surface area contributed by atoms with E-state index in [-0.39, 0.29) is 18.7 Å². The zero-order chi connectivity index (χ0) is 19.1. The molecule has 5 nitrogen and oxygen atoms in total. The fraction of sp³-hybridized carbons (Fsp3) is 0.0909. The van der Waals surface area contributed by atoms with Crippen LogP contribution < -0.4 is 10.1 Å². The van der Waals surface area contributed by atoms with Crippen LogP contribution in [-0.4, -0.2) is 12.5 Å². The second-order valence-corrected chi connectivity index (χ2v) is 5.62. The Labute approximate surface area is 156 Å². The maximum Gasteiger partial charge on any atom is 0.262 e. The van der Waals surface area contributed by atoms with Crippen molar-refractivity contribution in [3.05, 3.63) is 71.7 Å². The fourth-order valence-corrected chi connectivity index (χ4v) is 2.64. The van der Waals surface area contributed by atoms with Gasteiger partial charge in [-0.2, -0.15) is 5.26 Å². The van der Waals surface area contributed by atoms with Gasteiger partial charge >= 0.3 is 0 Å². The second-order valence-electron chi connectivity index (χ2n) is 5.62. The Bertz CT molecular complexity index is 1070. The van der Waals surface area contributed by atoms with E-state index in [4.69, 9.17) is 15.6 Å². The standard InChI is InChI=1S/C22H16N2O3/c1-2-11-27-21-10-9-16-6-3-4-8-19(16)20(21)13-17(14-23)22(25)24-15-18-7-5-12-26-18/h1,3-10,12-13H,11,15H2,(H,24,25)/b17-13+. The van der Waals surface area contributed by atoms with Crippen LogP contribution in [0, 0.1) is 23.7 Å². The molecule has 5 heteroatoms. The maximum atomic E-state index is 12.4. The molecule has 0 radical (unpaired) electrons. The van der Waals surface area contributed by atoms with Crippen LogP contribution in [0.2, 0.25) is 0 Å². The minimum atomic E-state index is -0.496. The topological polar surface area (TPSA) is 75.3 Å². The van der Waals surface area contributed by atoms with E-state index < -0.39 is 5.91 Å². The molecule has 0 unspecified atom stereocenters. The zero-order valence-electron chi connectivity index (χ0n) is 14.4. The second kappa shape index (κ2) is 8.42. The normalized spacial score (nSPS) is 10.8. The molecule has 3 aromatic rings. The number of amides is 1. The van der Waals surface area contributed by atoms with Crippen LogP contribution in [0.3, 0.4) is 0 Å².